The molecular formula is C11H28NP. The summed E-state index contributed by atoms with van der Waals surface area (Å²) >= 11 is 0. The van der Waals surface area contributed by atoms with Crippen LogP contribution < -0.4 is 5.32 Å². The molecule has 0 radical (unpaired) electrons. The molecule has 0 aromatic rings. The summed E-state index contributed by atoms with van der Waals surface area (Å²) < 4.78 is 0. The fourth-order valence-electron chi connectivity index (χ4n) is 1.63. The quantitative estimate of drug-likeness (QED) is 0.474. The molecule has 0 unspecified atom stereocenters. The second-order valence-corrected chi connectivity index (χ2v) is 9.97. The zero-order valence-corrected chi connectivity index (χ0v) is 10.9. The van der Waals surface area contributed by atoms with Crippen molar-refractivity contribution >= 4 is 7.26 Å². The molecule has 82 valence electrons. The van der Waals surface area contributed by atoms with Gasteiger partial charge in [-0.05, 0) is 0 Å². The fourth-order valence-corrected chi connectivity index (χ4v) is 3.94. The molecule has 0 atom stereocenters. The standard InChI is InChI=1S/C11H28NP/c1-5-13(4,6-2)11-9-7-8-10-12-3/h12-13H,5-11H2,1-4H3. The molecule has 0 heterocycles. The van der Waals surface area contributed by atoms with Crippen LogP contribution in [0.1, 0.15) is 33.1 Å². The number of nitrogens with one attached hydrogen (secondary N) is 1. The van der Waals surface area contributed by atoms with Crippen molar-refractivity contribution in [3.8, 4) is 0 Å². The van der Waals surface area contributed by atoms with E-state index in [1.165, 1.54) is 38.1 Å². The van der Waals surface area contributed by atoms with Gasteiger partial charge in [-0.2, -0.15) is 0 Å². The molecule has 0 aliphatic heterocycles. The molecule has 0 amide bonds. The molecule has 0 aliphatic carbocycles. The Morgan fingerprint density at radius 1 is 1.00 bits per heavy atom. The van der Waals surface area contributed by atoms with Gasteiger partial charge in [0.05, 0.1) is 0 Å². The van der Waals surface area contributed by atoms with Crippen molar-refractivity contribution < 1.29 is 0 Å². The average molecular weight is 205 g/mol. The SMILES string of the molecule is CC[PH](C)(CC)CCCCCNC. The maximum atomic E-state index is 3.20. The zero-order valence-electron chi connectivity index (χ0n) is 9.95. The third kappa shape index (κ3) is 6.46. The Hall–Kier alpha value is 0.390. The number of hydrogen-bond donors (Lipinski definition) is 1. The van der Waals surface area contributed by atoms with E-state index in [-0.39, 0.29) is 0 Å². The molecule has 0 aliphatic rings. The Kier molecular flexibility index (Phi) is 8.00. The molecule has 0 aromatic carbocycles. The van der Waals surface area contributed by atoms with Crippen LogP contribution in [0.3, 0.4) is 0 Å². The third-order valence-corrected chi connectivity index (χ3v) is 8.39. The van der Waals surface area contributed by atoms with Crippen molar-refractivity contribution in [2.75, 3.05) is 38.7 Å². The van der Waals surface area contributed by atoms with Crippen molar-refractivity contribution in [1.82, 2.24) is 5.32 Å². The van der Waals surface area contributed by atoms with Gasteiger partial charge in [-0.25, -0.2) is 0 Å². The van der Waals surface area contributed by atoms with Crippen molar-refractivity contribution in [3.05, 3.63) is 0 Å². The van der Waals surface area contributed by atoms with E-state index < -0.39 is 7.26 Å². The molecular weight excluding hydrogens is 177 g/mol. The first-order valence-electron chi connectivity index (χ1n) is 5.83. The van der Waals surface area contributed by atoms with Crippen LogP contribution in [0.15, 0.2) is 0 Å². The van der Waals surface area contributed by atoms with Gasteiger partial charge in [0.2, 0.25) is 0 Å². The Balaban J connectivity index is 3.39. The van der Waals surface area contributed by atoms with Gasteiger partial charge in [0.1, 0.15) is 0 Å². The second-order valence-electron chi connectivity index (χ2n) is 4.43. The van der Waals surface area contributed by atoms with Gasteiger partial charge in [-0.15, -0.1) is 0 Å². The van der Waals surface area contributed by atoms with Crippen LogP contribution in [0.2, 0.25) is 0 Å². The summed E-state index contributed by atoms with van der Waals surface area (Å²) in [7, 11) is 1.26. The predicted octanol–water partition coefficient (Wildman–Crippen LogP) is 2.80. The van der Waals surface area contributed by atoms with Crippen molar-refractivity contribution in [1.29, 1.82) is 0 Å². The topological polar surface area (TPSA) is 12.0 Å². The van der Waals surface area contributed by atoms with Gasteiger partial charge in [0, 0.05) is 0 Å². The molecule has 1 nitrogen and oxygen atoms in total. The second kappa shape index (κ2) is 7.76. The molecule has 0 saturated heterocycles. The summed E-state index contributed by atoms with van der Waals surface area (Å²) in [6.45, 7) is 8.51. The zero-order chi connectivity index (χ0) is 10.2. The summed E-state index contributed by atoms with van der Waals surface area (Å²) in [5.74, 6) is 0. The van der Waals surface area contributed by atoms with Gasteiger partial charge in [0.25, 0.3) is 0 Å². The van der Waals surface area contributed by atoms with Crippen molar-refractivity contribution in [2.24, 2.45) is 0 Å². The first-order chi connectivity index (χ1) is 6.18. The van der Waals surface area contributed by atoms with E-state index in [4.69, 9.17) is 0 Å². The average Bonchev–Trinajstić information content (AvgIpc) is 2.17. The molecule has 0 fully saturated rings. The summed E-state index contributed by atoms with van der Waals surface area (Å²) in [5.41, 5.74) is 0. The summed E-state index contributed by atoms with van der Waals surface area (Å²) in [6, 6.07) is 0. The minimum absolute atomic E-state index is 0.778. The molecule has 13 heavy (non-hydrogen) atoms. The predicted molar refractivity (Wildman–Crippen MR) is 68.0 cm³/mol. The molecule has 0 aromatic heterocycles. The molecule has 0 saturated carbocycles. The van der Waals surface area contributed by atoms with Crippen LogP contribution in [-0.4, -0.2) is 38.7 Å². The first kappa shape index (κ1) is 13.4. The van der Waals surface area contributed by atoms with Crippen LogP contribution in [0.4, 0.5) is 0 Å². The van der Waals surface area contributed by atoms with Crippen molar-refractivity contribution in [3.63, 3.8) is 0 Å². The fraction of sp³-hybridized carbons (Fsp3) is 1.00. The van der Waals surface area contributed by atoms with Gasteiger partial charge in [-0.1, -0.05) is 0 Å². The van der Waals surface area contributed by atoms with Gasteiger partial charge in [0.15, 0.2) is 0 Å². The summed E-state index contributed by atoms with van der Waals surface area (Å²) in [4.78, 5) is 0. The van der Waals surface area contributed by atoms with Gasteiger partial charge in [-0.3, -0.25) is 0 Å². The van der Waals surface area contributed by atoms with Gasteiger partial charge < -0.3 is 0 Å². The monoisotopic (exact) mass is 205 g/mol. The maximum absolute atomic E-state index is 3.20. The van der Waals surface area contributed by atoms with E-state index in [1.54, 1.807) is 6.16 Å². The number of unbranched alkanes of at least 4 members (excludes halogenated alkanes) is 2. The Labute approximate surface area is 85.0 Å². The minimum atomic E-state index is -0.778. The molecule has 0 spiro atoms. The van der Waals surface area contributed by atoms with Crippen molar-refractivity contribution in [2.45, 2.75) is 33.1 Å². The van der Waals surface area contributed by atoms with E-state index in [1.807, 2.05) is 7.05 Å². The molecule has 2 heteroatoms. The van der Waals surface area contributed by atoms with Crippen LogP contribution in [-0.2, 0) is 0 Å². The summed E-state index contributed by atoms with van der Waals surface area (Å²) in [5, 5.41) is 3.20. The Morgan fingerprint density at radius 3 is 2.08 bits per heavy atom. The number of rotatable bonds is 8. The first-order valence-corrected chi connectivity index (χ1v) is 8.95. The normalized spacial score (nSPS) is 13.2. The summed E-state index contributed by atoms with van der Waals surface area (Å²) in [6.07, 6.45) is 8.72. The van der Waals surface area contributed by atoms with Crippen LogP contribution in [0.25, 0.3) is 0 Å². The number of hydrogen-bond acceptors (Lipinski definition) is 1. The van der Waals surface area contributed by atoms with Crippen LogP contribution in [0.5, 0.6) is 0 Å². The van der Waals surface area contributed by atoms with Crippen LogP contribution in [0, 0.1) is 0 Å². The molecule has 0 bridgehead atoms. The van der Waals surface area contributed by atoms with E-state index in [2.05, 4.69) is 25.8 Å². The van der Waals surface area contributed by atoms with E-state index >= 15 is 0 Å². The van der Waals surface area contributed by atoms with Gasteiger partial charge >= 0.3 is 84.4 Å². The van der Waals surface area contributed by atoms with E-state index in [0.717, 1.165) is 0 Å². The Morgan fingerprint density at radius 2 is 1.62 bits per heavy atom. The third-order valence-electron chi connectivity index (χ3n) is 3.41. The molecule has 0 rings (SSSR count). The van der Waals surface area contributed by atoms with E-state index in [0.29, 0.717) is 0 Å². The molecule has 1 N–H and O–H groups in total. The van der Waals surface area contributed by atoms with Crippen LogP contribution >= 0.6 is 7.26 Å². The van der Waals surface area contributed by atoms with E-state index in [9.17, 15) is 0 Å². The Bertz CT molecular complexity index is 111.